The van der Waals surface area contributed by atoms with E-state index in [1.165, 1.54) is 0 Å². The molecular formula is C15H15IN2O2. The summed E-state index contributed by atoms with van der Waals surface area (Å²) in [7, 11) is 0. The molecule has 0 saturated heterocycles. The van der Waals surface area contributed by atoms with E-state index in [0.29, 0.717) is 16.0 Å². The van der Waals surface area contributed by atoms with Crippen LogP contribution in [0.15, 0.2) is 29.1 Å². The number of H-pyrrole nitrogens is 1. The molecule has 1 aromatic carbocycles. The fraction of sp³-hybridized carbons (Fsp3) is 0.333. The minimum absolute atomic E-state index is 0.00778. The molecule has 1 N–H and O–H groups in total. The molecule has 5 heteroatoms. The van der Waals surface area contributed by atoms with Gasteiger partial charge < -0.3 is 9.72 Å². The fourth-order valence-corrected chi connectivity index (χ4v) is 3.31. The van der Waals surface area contributed by atoms with Crippen molar-refractivity contribution in [1.29, 1.82) is 0 Å². The molecule has 0 aliphatic carbocycles. The topological polar surface area (TPSA) is 55.0 Å². The van der Waals surface area contributed by atoms with E-state index in [1.807, 2.05) is 38.1 Å². The lowest BCUT2D eigenvalue weighted by Gasteiger charge is -2.13. The molecule has 2 heterocycles. The summed E-state index contributed by atoms with van der Waals surface area (Å²) in [6.07, 6.45) is 0. The minimum atomic E-state index is -0.0660. The first-order valence-electron chi connectivity index (χ1n) is 6.59. The second-order valence-electron chi connectivity index (χ2n) is 5.21. The van der Waals surface area contributed by atoms with E-state index in [0.717, 1.165) is 17.0 Å². The van der Waals surface area contributed by atoms with E-state index in [2.05, 4.69) is 32.6 Å². The van der Waals surface area contributed by atoms with Crippen molar-refractivity contribution in [3.05, 3.63) is 55.3 Å². The molecule has 1 unspecified atom stereocenters. The van der Waals surface area contributed by atoms with Gasteiger partial charge in [-0.1, -0.05) is 32.0 Å². The number of rotatable bonds is 2. The van der Waals surface area contributed by atoms with Crippen LogP contribution in [0, 0.1) is 3.57 Å². The van der Waals surface area contributed by atoms with Gasteiger partial charge >= 0.3 is 0 Å². The van der Waals surface area contributed by atoms with Crippen molar-refractivity contribution in [2.24, 2.45) is 0 Å². The highest BCUT2D eigenvalue weighted by Gasteiger charge is 2.28. The standard InChI is InChI=1S/C15H15IN2O2/c1-8(2)13-12(16)15(19)18-14(17-13)10-7-20-11-6-4-3-5-9(10)11/h3-6,8,10H,7H2,1-2H3,(H,17,18,19). The molecule has 3 rings (SSSR count). The second-order valence-corrected chi connectivity index (χ2v) is 6.29. The Hall–Kier alpha value is -1.37. The Bertz CT molecular complexity index is 709. The SMILES string of the molecule is CC(C)c1nc(C2COc3ccccc32)[nH]c(=O)c1I. The summed E-state index contributed by atoms with van der Waals surface area (Å²) in [6, 6.07) is 7.91. The van der Waals surface area contributed by atoms with Gasteiger partial charge in [0.05, 0.1) is 15.2 Å². The molecular weight excluding hydrogens is 367 g/mol. The van der Waals surface area contributed by atoms with Crippen LogP contribution in [0.25, 0.3) is 0 Å². The predicted octanol–water partition coefficient (Wildman–Crippen LogP) is 3.02. The number of nitrogens with zero attached hydrogens (tertiary/aromatic N) is 1. The van der Waals surface area contributed by atoms with Crippen molar-refractivity contribution in [1.82, 2.24) is 9.97 Å². The third kappa shape index (κ3) is 2.24. The number of benzene rings is 1. The molecule has 4 nitrogen and oxygen atoms in total. The number of aromatic nitrogens is 2. The molecule has 0 amide bonds. The number of hydrogen-bond donors (Lipinski definition) is 1. The van der Waals surface area contributed by atoms with Gasteiger partial charge in [0.15, 0.2) is 0 Å². The largest absolute Gasteiger partial charge is 0.492 e. The van der Waals surface area contributed by atoms with Crippen LogP contribution in [-0.2, 0) is 0 Å². The zero-order chi connectivity index (χ0) is 14.3. The zero-order valence-corrected chi connectivity index (χ0v) is 13.5. The molecule has 1 aliphatic rings. The van der Waals surface area contributed by atoms with Gasteiger partial charge in [-0.05, 0) is 34.6 Å². The Balaban J connectivity index is 2.11. The lowest BCUT2D eigenvalue weighted by Crippen LogP contribution is -2.21. The van der Waals surface area contributed by atoms with E-state index < -0.39 is 0 Å². The van der Waals surface area contributed by atoms with Gasteiger partial charge in [-0.15, -0.1) is 0 Å². The first-order chi connectivity index (χ1) is 9.58. The molecule has 1 aliphatic heterocycles. The Morgan fingerprint density at radius 3 is 2.90 bits per heavy atom. The number of halogens is 1. The van der Waals surface area contributed by atoms with Gasteiger partial charge in [-0.25, -0.2) is 4.98 Å². The predicted molar refractivity (Wildman–Crippen MR) is 85.4 cm³/mol. The highest BCUT2D eigenvalue weighted by Crippen LogP contribution is 2.36. The molecule has 0 radical (unpaired) electrons. The van der Waals surface area contributed by atoms with Gasteiger partial charge in [-0.3, -0.25) is 4.79 Å². The van der Waals surface area contributed by atoms with E-state index in [9.17, 15) is 4.79 Å². The van der Waals surface area contributed by atoms with Crippen molar-refractivity contribution < 1.29 is 4.74 Å². The van der Waals surface area contributed by atoms with Crippen LogP contribution in [-0.4, -0.2) is 16.6 Å². The summed E-state index contributed by atoms with van der Waals surface area (Å²) in [4.78, 5) is 19.7. The van der Waals surface area contributed by atoms with Crippen LogP contribution >= 0.6 is 22.6 Å². The molecule has 2 aromatic rings. The molecule has 20 heavy (non-hydrogen) atoms. The van der Waals surface area contributed by atoms with Gasteiger partial charge in [-0.2, -0.15) is 0 Å². The smallest absolute Gasteiger partial charge is 0.264 e. The van der Waals surface area contributed by atoms with Crippen molar-refractivity contribution >= 4 is 22.6 Å². The summed E-state index contributed by atoms with van der Waals surface area (Å²) in [6.45, 7) is 4.63. The van der Waals surface area contributed by atoms with Crippen molar-refractivity contribution in [2.75, 3.05) is 6.61 Å². The highest BCUT2D eigenvalue weighted by atomic mass is 127. The second kappa shape index (κ2) is 5.20. The van der Waals surface area contributed by atoms with Crippen molar-refractivity contribution in [3.8, 4) is 5.75 Å². The number of hydrogen-bond acceptors (Lipinski definition) is 3. The minimum Gasteiger partial charge on any atom is -0.492 e. The van der Waals surface area contributed by atoms with Crippen LogP contribution in [0.5, 0.6) is 5.75 Å². The van der Waals surface area contributed by atoms with Gasteiger partial charge in [0, 0.05) is 5.56 Å². The Labute approximate surface area is 130 Å². The number of nitrogens with one attached hydrogen (secondary N) is 1. The average Bonchev–Trinajstić information content (AvgIpc) is 2.85. The summed E-state index contributed by atoms with van der Waals surface area (Å²) >= 11 is 2.06. The Morgan fingerprint density at radius 1 is 1.40 bits per heavy atom. The molecule has 1 atom stereocenters. The zero-order valence-electron chi connectivity index (χ0n) is 11.3. The normalized spacial score (nSPS) is 17.1. The lowest BCUT2D eigenvalue weighted by atomic mass is 10.00. The molecule has 0 saturated carbocycles. The molecule has 0 spiro atoms. The maximum Gasteiger partial charge on any atom is 0.264 e. The first kappa shape index (κ1) is 13.6. The highest BCUT2D eigenvalue weighted by molar-refractivity contribution is 14.1. The molecule has 0 fully saturated rings. The number of ether oxygens (including phenoxy) is 1. The lowest BCUT2D eigenvalue weighted by molar-refractivity contribution is 0.339. The van der Waals surface area contributed by atoms with Gasteiger partial charge in [0.25, 0.3) is 5.56 Å². The van der Waals surface area contributed by atoms with Gasteiger partial charge in [0.1, 0.15) is 18.2 Å². The van der Waals surface area contributed by atoms with Crippen LogP contribution in [0.4, 0.5) is 0 Å². The first-order valence-corrected chi connectivity index (χ1v) is 7.67. The molecule has 104 valence electrons. The molecule has 1 aromatic heterocycles. The van der Waals surface area contributed by atoms with E-state index >= 15 is 0 Å². The van der Waals surface area contributed by atoms with Crippen LogP contribution in [0.1, 0.15) is 42.8 Å². The van der Waals surface area contributed by atoms with Crippen molar-refractivity contribution in [2.45, 2.75) is 25.7 Å². The van der Waals surface area contributed by atoms with E-state index in [4.69, 9.17) is 4.74 Å². The fourth-order valence-electron chi connectivity index (χ4n) is 2.43. The number of fused-ring (bicyclic) bond motifs is 1. The van der Waals surface area contributed by atoms with Crippen LogP contribution in [0.3, 0.4) is 0 Å². The maximum atomic E-state index is 12.1. The number of para-hydroxylation sites is 1. The molecule has 0 bridgehead atoms. The maximum absolute atomic E-state index is 12.1. The number of aromatic amines is 1. The summed E-state index contributed by atoms with van der Waals surface area (Å²) in [5, 5.41) is 0. The van der Waals surface area contributed by atoms with Crippen LogP contribution < -0.4 is 10.3 Å². The Kier molecular flexibility index (Phi) is 3.54. The Morgan fingerprint density at radius 2 is 2.15 bits per heavy atom. The quantitative estimate of drug-likeness (QED) is 0.813. The third-order valence-corrected chi connectivity index (χ3v) is 4.53. The third-order valence-electron chi connectivity index (χ3n) is 3.48. The summed E-state index contributed by atoms with van der Waals surface area (Å²) in [5.41, 5.74) is 1.88. The average molecular weight is 382 g/mol. The van der Waals surface area contributed by atoms with E-state index in [1.54, 1.807) is 0 Å². The monoisotopic (exact) mass is 382 g/mol. The van der Waals surface area contributed by atoms with E-state index in [-0.39, 0.29) is 17.4 Å². The van der Waals surface area contributed by atoms with Crippen LogP contribution in [0.2, 0.25) is 0 Å². The van der Waals surface area contributed by atoms with Gasteiger partial charge in [0.2, 0.25) is 0 Å². The summed E-state index contributed by atoms with van der Waals surface area (Å²) < 4.78 is 6.35. The van der Waals surface area contributed by atoms with Crippen molar-refractivity contribution in [3.63, 3.8) is 0 Å². The summed E-state index contributed by atoms with van der Waals surface area (Å²) in [5.74, 6) is 1.81.